The van der Waals surface area contributed by atoms with E-state index in [-0.39, 0.29) is 11.8 Å². The first-order valence-electron chi connectivity index (χ1n) is 5.96. The van der Waals surface area contributed by atoms with Crippen LogP contribution < -0.4 is 10.6 Å². The summed E-state index contributed by atoms with van der Waals surface area (Å²) in [5.74, 6) is 0.775. The Morgan fingerprint density at radius 1 is 1.50 bits per heavy atom. The monoisotopic (exact) mass is 245 g/mol. The first-order valence-corrected chi connectivity index (χ1v) is 5.96. The Morgan fingerprint density at radius 2 is 2.28 bits per heavy atom. The normalized spacial score (nSPS) is 13.8. The van der Waals surface area contributed by atoms with Crippen molar-refractivity contribution in [1.82, 2.24) is 15.3 Å². The van der Waals surface area contributed by atoms with Crippen LogP contribution in [0.4, 0.5) is 5.95 Å². The van der Waals surface area contributed by atoms with Gasteiger partial charge >= 0.3 is 0 Å². The lowest BCUT2D eigenvalue weighted by atomic mass is 10.3. The van der Waals surface area contributed by atoms with Gasteiger partial charge in [0.25, 0.3) is 0 Å². The second-order valence-corrected chi connectivity index (χ2v) is 4.32. The van der Waals surface area contributed by atoms with Gasteiger partial charge in [0.1, 0.15) is 11.8 Å². The van der Waals surface area contributed by atoms with Crippen molar-refractivity contribution in [3.63, 3.8) is 0 Å². The fourth-order valence-corrected chi connectivity index (χ4v) is 1.55. The van der Waals surface area contributed by atoms with Crippen molar-refractivity contribution in [1.29, 1.82) is 5.26 Å². The lowest BCUT2D eigenvalue weighted by molar-refractivity contribution is -0.122. The van der Waals surface area contributed by atoms with Crippen LogP contribution in [0, 0.1) is 24.2 Å². The number of carbonyl (C=O) groups excluding carboxylic acids is 1. The number of hydrogen-bond donors (Lipinski definition) is 2. The smallest absolute Gasteiger partial charge is 0.224 e. The number of rotatable bonds is 5. The third kappa shape index (κ3) is 3.42. The van der Waals surface area contributed by atoms with Crippen LogP contribution in [0.25, 0.3) is 0 Å². The van der Waals surface area contributed by atoms with Gasteiger partial charge in [0, 0.05) is 24.7 Å². The summed E-state index contributed by atoms with van der Waals surface area (Å²) in [5.41, 5.74) is 1.08. The highest BCUT2D eigenvalue weighted by Gasteiger charge is 2.28. The predicted molar refractivity (Wildman–Crippen MR) is 65.7 cm³/mol. The summed E-state index contributed by atoms with van der Waals surface area (Å²) in [5, 5.41) is 14.6. The molecule has 0 atom stereocenters. The number of aryl methyl sites for hydroxylation is 1. The minimum absolute atomic E-state index is 0.125. The molecule has 94 valence electrons. The van der Waals surface area contributed by atoms with E-state index in [1.54, 1.807) is 6.07 Å². The van der Waals surface area contributed by atoms with Crippen molar-refractivity contribution in [2.24, 2.45) is 5.92 Å². The Bertz CT molecular complexity index is 490. The molecule has 1 aromatic rings. The molecule has 0 radical (unpaired) electrons. The van der Waals surface area contributed by atoms with Crippen LogP contribution in [0.1, 0.15) is 24.2 Å². The van der Waals surface area contributed by atoms with Crippen molar-refractivity contribution in [2.75, 3.05) is 18.4 Å². The van der Waals surface area contributed by atoms with Gasteiger partial charge in [0.15, 0.2) is 0 Å². The molecule has 6 nitrogen and oxygen atoms in total. The average Bonchev–Trinajstić information content (AvgIpc) is 3.17. The van der Waals surface area contributed by atoms with Gasteiger partial charge in [-0.3, -0.25) is 4.79 Å². The summed E-state index contributed by atoms with van der Waals surface area (Å²) in [6.45, 7) is 2.89. The van der Waals surface area contributed by atoms with Gasteiger partial charge < -0.3 is 10.6 Å². The van der Waals surface area contributed by atoms with E-state index >= 15 is 0 Å². The topological polar surface area (TPSA) is 90.7 Å². The number of hydrogen-bond acceptors (Lipinski definition) is 5. The van der Waals surface area contributed by atoms with Gasteiger partial charge in [-0.25, -0.2) is 9.97 Å². The molecule has 1 aliphatic carbocycles. The van der Waals surface area contributed by atoms with Crippen molar-refractivity contribution in [2.45, 2.75) is 19.8 Å². The largest absolute Gasteiger partial charge is 0.354 e. The molecular weight excluding hydrogens is 230 g/mol. The molecule has 2 N–H and O–H groups in total. The highest BCUT2D eigenvalue weighted by atomic mass is 16.2. The lowest BCUT2D eigenvalue weighted by Crippen LogP contribution is -2.30. The SMILES string of the molecule is Cc1cc(C#N)nc(NCCNC(=O)C2CC2)n1. The van der Waals surface area contributed by atoms with Crippen LogP contribution in [0.2, 0.25) is 0 Å². The number of aromatic nitrogens is 2. The number of nitriles is 1. The number of carbonyl (C=O) groups is 1. The van der Waals surface area contributed by atoms with Crippen LogP contribution in [0.15, 0.2) is 6.07 Å². The number of nitrogens with zero attached hydrogens (tertiary/aromatic N) is 3. The minimum atomic E-state index is 0.125. The molecule has 0 bridgehead atoms. The third-order valence-electron chi connectivity index (χ3n) is 2.62. The second kappa shape index (κ2) is 5.45. The zero-order chi connectivity index (χ0) is 13.0. The van der Waals surface area contributed by atoms with Crippen LogP contribution in [0.3, 0.4) is 0 Å². The standard InChI is InChI=1S/C12H15N5O/c1-8-6-10(7-13)17-12(16-8)15-5-4-14-11(18)9-2-3-9/h6,9H,2-5H2,1H3,(H,14,18)(H,15,16,17). The molecule has 0 aromatic carbocycles. The van der Waals surface area contributed by atoms with Gasteiger partial charge in [0.2, 0.25) is 11.9 Å². The van der Waals surface area contributed by atoms with Crippen molar-refractivity contribution in [3.8, 4) is 6.07 Å². The first-order chi connectivity index (χ1) is 8.69. The van der Waals surface area contributed by atoms with Gasteiger partial charge in [-0.05, 0) is 25.8 Å². The Hall–Kier alpha value is -2.16. The first kappa shape index (κ1) is 12.3. The van der Waals surface area contributed by atoms with E-state index in [2.05, 4.69) is 20.6 Å². The molecule has 1 fully saturated rings. The molecule has 6 heteroatoms. The summed E-state index contributed by atoms with van der Waals surface area (Å²) in [6.07, 6.45) is 2.01. The zero-order valence-corrected chi connectivity index (χ0v) is 10.2. The Balaban J connectivity index is 1.77. The quantitative estimate of drug-likeness (QED) is 0.741. The van der Waals surface area contributed by atoms with Crippen LogP contribution in [-0.4, -0.2) is 29.0 Å². The van der Waals surface area contributed by atoms with Gasteiger partial charge in [-0.2, -0.15) is 5.26 Å². The van der Waals surface area contributed by atoms with Gasteiger partial charge in [-0.1, -0.05) is 0 Å². The molecule has 1 amide bonds. The maximum Gasteiger partial charge on any atom is 0.224 e. The maximum atomic E-state index is 11.4. The second-order valence-electron chi connectivity index (χ2n) is 4.32. The summed E-state index contributed by atoms with van der Waals surface area (Å²) in [6, 6.07) is 3.60. The highest BCUT2D eigenvalue weighted by molar-refractivity contribution is 5.80. The van der Waals surface area contributed by atoms with Crippen molar-refractivity contribution in [3.05, 3.63) is 17.5 Å². The zero-order valence-electron chi connectivity index (χ0n) is 10.2. The van der Waals surface area contributed by atoms with Crippen LogP contribution in [-0.2, 0) is 4.79 Å². The van der Waals surface area contributed by atoms with E-state index in [4.69, 9.17) is 5.26 Å². The molecule has 1 saturated carbocycles. The van der Waals surface area contributed by atoms with Crippen molar-refractivity contribution < 1.29 is 4.79 Å². The van der Waals surface area contributed by atoms with E-state index < -0.39 is 0 Å². The minimum Gasteiger partial charge on any atom is -0.354 e. The maximum absolute atomic E-state index is 11.4. The third-order valence-corrected chi connectivity index (χ3v) is 2.62. The fraction of sp³-hybridized carbons (Fsp3) is 0.500. The predicted octanol–water partition coefficient (Wildman–Crippen LogP) is 0.595. The summed E-state index contributed by atoms with van der Waals surface area (Å²) >= 11 is 0. The lowest BCUT2D eigenvalue weighted by Gasteiger charge is -2.07. The molecule has 18 heavy (non-hydrogen) atoms. The van der Waals surface area contributed by atoms with Gasteiger partial charge in [0.05, 0.1) is 0 Å². The molecule has 0 unspecified atom stereocenters. The van der Waals surface area contributed by atoms with Crippen LogP contribution in [0.5, 0.6) is 0 Å². The molecule has 0 spiro atoms. The Labute approximate surface area is 105 Å². The van der Waals surface area contributed by atoms with E-state index in [1.807, 2.05) is 13.0 Å². The number of anilines is 1. The molecule has 1 heterocycles. The summed E-state index contributed by atoms with van der Waals surface area (Å²) < 4.78 is 0. The number of nitrogens with one attached hydrogen (secondary N) is 2. The summed E-state index contributed by atoms with van der Waals surface area (Å²) in [4.78, 5) is 19.5. The van der Waals surface area contributed by atoms with E-state index in [0.717, 1.165) is 18.5 Å². The van der Waals surface area contributed by atoms with Gasteiger partial charge in [-0.15, -0.1) is 0 Å². The van der Waals surface area contributed by atoms with E-state index in [1.165, 1.54) is 0 Å². The molecular formula is C12H15N5O. The molecule has 1 aromatic heterocycles. The Morgan fingerprint density at radius 3 is 2.94 bits per heavy atom. The number of amides is 1. The molecule has 1 aliphatic rings. The fourth-order valence-electron chi connectivity index (χ4n) is 1.55. The Kier molecular flexibility index (Phi) is 3.72. The van der Waals surface area contributed by atoms with Crippen LogP contribution >= 0.6 is 0 Å². The molecule has 0 aliphatic heterocycles. The summed E-state index contributed by atoms with van der Waals surface area (Å²) in [7, 11) is 0. The average molecular weight is 245 g/mol. The molecule has 0 saturated heterocycles. The highest BCUT2D eigenvalue weighted by Crippen LogP contribution is 2.28. The molecule has 2 rings (SSSR count). The van der Waals surface area contributed by atoms with E-state index in [9.17, 15) is 4.79 Å². The van der Waals surface area contributed by atoms with Crippen molar-refractivity contribution >= 4 is 11.9 Å². The van der Waals surface area contributed by atoms with E-state index in [0.29, 0.717) is 24.7 Å².